The van der Waals surface area contributed by atoms with Gasteiger partial charge in [-0.2, -0.15) is 0 Å². The van der Waals surface area contributed by atoms with Crippen LogP contribution in [0.15, 0.2) is 4.79 Å². The highest BCUT2D eigenvalue weighted by atomic mass is 16.1. The lowest BCUT2D eigenvalue weighted by atomic mass is 10.3. The highest BCUT2D eigenvalue weighted by Crippen LogP contribution is 2.05. The molecule has 4 heteroatoms. The second-order valence-corrected chi connectivity index (χ2v) is 3.05. The maximum Gasteiger partial charge on any atom is 0.255 e. The quantitative estimate of drug-likeness (QED) is 0.736. The van der Waals surface area contributed by atoms with Crippen molar-refractivity contribution in [1.82, 2.24) is 9.97 Å². The van der Waals surface area contributed by atoms with Crippen molar-refractivity contribution in [3.05, 3.63) is 21.7 Å². The molecule has 0 aliphatic heterocycles. The third-order valence-electron chi connectivity index (χ3n) is 1.81. The lowest BCUT2D eigenvalue weighted by molar-refractivity contribution is 0.935. The molecular formula is C9H15N3O. The molecule has 2 N–H and O–H groups in total. The van der Waals surface area contributed by atoms with Gasteiger partial charge in [-0.05, 0) is 20.3 Å². The minimum Gasteiger partial charge on any atom is -0.370 e. The van der Waals surface area contributed by atoms with Crippen molar-refractivity contribution in [3.63, 3.8) is 0 Å². The van der Waals surface area contributed by atoms with Crippen molar-refractivity contribution in [2.75, 3.05) is 11.9 Å². The maximum absolute atomic E-state index is 11.3. The van der Waals surface area contributed by atoms with Crippen molar-refractivity contribution in [2.24, 2.45) is 0 Å². The third-order valence-corrected chi connectivity index (χ3v) is 1.81. The molecule has 1 aromatic rings. The van der Waals surface area contributed by atoms with Gasteiger partial charge in [0.15, 0.2) is 0 Å². The van der Waals surface area contributed by atoms with E-state index in [-0.39, 0.29) is 5.56 Å². The van der Waals surface area contributed by atoms with E-state index >= 15 is 0 Å². The molecule has 0 aromatic carbocycles. The second-order valence-electron chi connectivity index (χ2n) is 3.05. The van der Waals surface area contributed by atoms with Gasteiger partial charge in [-0.1, -0.05) is 6.92 Å². The fourth-order valence-corrected chi connectivity index (χ4v) is 1.06. The molecule has 0 unspecified atom stereocenters. The van der Waals surface area contributed by atoms with Crippen LogP contribution in [0, 0.1) is 13.8 Å². The Morgan fingerprint density at radius 2 is 2.15 bits per heavy atom. The zero-order valence-corrected chi connectivity index (χ0v) is 8.27. The van der Waals surface area contributed by atoms with Gasteiger partial charge in [-0.3, -0.25) is 4.79 Å². The summed E-state index contributed by atoms with van der Waals surface area (Å²) >= 11 is 0. The van der Waals surface area contributed by atoms with Crippen molar-refractivity contribution < 1.29 is 0 Å². The van der Waals surface area contributed by atoms with Gasteiger partial charge < -0.3 is 10.3 Å². The first-order valence-electron chi connectivity index (χ1n) is 4.46. The molecule has 0 amide bonds. The summed E-state index contributed by atoms with van der Waals surface area (Å²) in [6.45, 7) is 6.46. The van der Waals surface area contributed by atoms with E-state index in [1.807, 2.05) is 0 Å². The third kappa shape index (κ3) is 2.31. The average molecular weight is 181 g/mol. The lowest BCUT2D eigenvalue weighted by Crippen LogP contribution is -2.17. The van der Waals surface area contributed by atoms with Gasteiger partial charge in [0, 0.05) is 6.54 Å². The van der Waals surface area contributed by atoms with E-state index in [0.29, 0.717) is 17.2 Å². The van der Waals surface area contributed by atoms with Gasteiger partial charge in [-0.15, -0.1) is 0 Å². The molecule has 0 saturated carbocycles. The molecule has 0 aliphatic rings. The molecule has 0 bridgehead atoms. The van der Waals surface area contributed by atoms with E-state index in [0.717, 1.165) is 13.0 Å². The summed E-state index contributed by atoms with van der Waals surface area (Å²) in [4.78, 5) is 18.1. The zero-order valence-electron chi connectivity index (χ0n) is 8.27. The molecular weight excluding hydrogens is 166 g/mol. The number of aryl methyl sites for hydroxylation is 1. The first-order chi connectivity index (χ1) is 6.15. The Hall–Kier alpha value is -1.32. The monoisotopic (exact) mass is 181 g/mol. The highest BCUT2D eigenvalue weighted by Gasteiger charge is 2.03. The molecule has 0 spiro atoms. The Labute approximate surface area is 77.4 Å². The Bertz CT molecular complexity index is 343. The normalized spacial score (nSPS) is 10.1. The summed E-state index contributed by atoms with van der Waals surface area (Å²) in [7, 11) is 0. The van der Waals surface area contributed by atoms with Crippen molar-refractivity contribution in [1.29, 1.82) is 0 Å². The number of nitrogens with one attached hydrogen (secondary N) is 2. The molecule has 1 aromatic heterocycles. The molecule has 0 saturated heterocycles. The summed E-state index contributed by atoms with van der Waals surface area (Å²) in [6, 6.07) is 0. The number of anilines is 1. The molecule has 4 nitrogen and oxygen atoms in total. The highest BCUT2D eigenvalue weighted by molar-refractivity contribution is 5.41. The summed E-state index contributed by atoms with van der Waals surface area (Å²) in [5, 5.41) is 3.11. The van der Waals surface area contributed by atoms with E-state index in [2.05, 4.69) is 22.2 Å². The number of aromatic nitrogens is 2. The predicted molar refractivity (Wildman–Crippen MR) is 53.1 cm³/mol. The molecule has 0 atom stereocenters. The lowest BCUT2D eigenvalue weighted by Gasteiger charge is -2.06. The number of hydrogen-bond acceptors (Lipinski definition) is 3. The fourth-order valence-electron chi connectivity index (χ4n) is 1.06. The van der Waals surface area contributed by atoms with Crippen molar-refractivity contribution >= 4 is 5.82 Å². The topological polar surface area (TPSA) is 57.8 Å². The second kappa shape index (κ2) is 4.07. The van der Waals surface area contributed by atoms with Crippen LogP contribution in [0.2, 0.25) is 0 Å². The van der Waals surface area contributed by atoms with Gasteiger partial charge in [0.25, 0.3) is 5.56 Å². The van der Waals surface area contributed by atoms with Crippen LogP contribution in [0.4, 0.5) is 5.82 Å². The van der Waals surface area contributed by atoms with Crippen LogP contribution in [0.5, 0.6) is 0 Å². The molecule has 1 heterocycles. The SMILES string of the molecule is CCCNc1nc(C)[nH]c(=O)c1C. The molecule has 0 fully saturated rings. The van der Waals surface area contributed by atoms with Crippen LogP contribution in [-0.2, 0) is 0 Å². The largest absolute Gasteiger partial charge is 0.370 e. The average Bonchev–Trinajstić information content (AvgIpc) is 2.09. The summed E-state index contributed by atoms with van der Waals surface area (Å²) in [5.74, 6) is 1.34. The summed E-state index contributed by atoms with van der Waals surface area (Å²) < 4.78 is 0. The van der Waals surface area contributed by atoms with Gasteiger partial charge in [0.2, 0.25) is 0 Å². The van der Waals surface area contributed by atoms with E-state index in [1.165, 1.54) is 0 Å². The summed E-state index contributed by atoms with van der Waals surface area (Å²) in [6.07, 6.45) is 1.02. The number of H-pyrrole nitrogens is 1. The number of nitrogens with zero attached hydrogens (tertiary/aromatic N) is 1. The molecule has 0 radical (unpaired) electrons. The van der Waals surface area contributed by atoms with Crippen LogP contribution >= 0.6 is 0 Å². The Morgan fingerprint density at radius 3 is 2.77 bits per heavy atom. The van der Waals surface area contributed by atoms with E-state index in [4.69, 9.17) is 0 Å². The zero-order chi connectivity index (χ0) is 9.84. The van der Waals surface area contributed by atoms with Crippen LogP contribution < -0.4 is 10.9 Å². The molecule has 1 rings (SSSR count). The molecule has 0 aliphatic carbocycles. The maximum atomic E-state index is 11.3. The first-order valence-corrected chi connectivity index (χ1v) is 4.46. The fraction of sp³-hybridized carbons (Fsp3) is 0.556. The molecule has 72 valence electrons. The van der Waals surface area contributed by atoms with Crippen LogP contribution in [-0.4, -0.2) is 16.5 Å². The number of aromatic amines is 1. The smallest absolute Gasteiger partial charge is 0.255 e. The minimum absolute atomic E-state index is 0.0638. The first kappa shape index (κ1) is 9.77. The van der Waals surface area contributed by atoms with Crippen LogP contribution in [0.1, 0.15) is 24.7 Å². The van der Waals surface area contributed by atoms with Gasteiger partial charge in [0.05, 0.1) is 5.56 Å². The van der Waals surface area contributed by atoms with E-state index in [9.17, 15) is 4.79 Å². The van der Waals surface area contributed by atoms with Crippen LogP contribution in [0.25, 0.3) is 0 Å². The predicted octanol–water partition coefficient (Wildman–Crippen LogP) is 1.21. The van der Waals surface area contributed by atoms with Crippen LogP contribution in [0.3, 0.4) is 0 Å². The summed E-state index contributed by atoms with van der Waals surface area (Å²) in [5.41, 5.74) is 0.588. The Morgan fingerprint density at radius 1 is 1.46 bits per heavy atom. The standard InChI is InChI=1S/C9H15N3O/c1-4-5-10-8-6(2)9(13)12-7(3)11-8/h4-5H2,1-3H3,(H2,10,11,12,13). The number of hydrogen-bond donors (Lipinski definition) is 2. The van der Waals surface area contributed by atoms with Crippen molar-refractivity contribution in [3.8, 4) is 0 Å². The minimum atomic E-state index is -0.0638. The van der Waals surface area contributed by atoms with Gasteiger partial charge in [-0.25, -0.2) is 4.98 Å². The van der Waals surface area contributed by atoms with Crippen molar-refractivity contribution in [2.45, 2.75) is 27.2 Å². The Balaban J connectivity index is 2.99. The van der Waals surface area contributed by atoms with Gasteiger partial charge in [0.1, 0.15) is 11.6 Å². The van der Waals surface area contributed by atoms with E-state index in [1.54, 1.807) is 13.8 Å². The number of rotatable bonds is 3. The molecule has 13 heavy (non-hydrogen) atoms. The van der Waals surface area contributed by atoms with Gasteiger partial charge >= 0.3 is 0 Å². The van der Waals surface area contributed by atoms with E-state index < -0.39 is 0 Å². The Kier molecular flexibility index (Phi) is 3.06.